The van der Waals surface area contributed by atoms with Gasteiger partial charge in [0.2, 0.25) is 0 Å². The Morgan fingerprint density at radius 3 is 2.21 bits per heavy atom. The zero-order valence-corrected chi connectivity index (χ0v) is 23.4. The third-order valence-electron chi connectivity index (χ3n) is 5.47. The molecule has 0 unspecified atom stereocenters. The van der Waals surface area contributed by atoms with Crippen LogP contribution in [0.2, 0.25) is 10.0 Å². The molecule has 0 atom stereocenters. The van der Waals surface area contributed by atoms with E-state index in [2.05, 4.69) is 15.8 Å². The highest BCUT2D eigenvalue weighted by atomic mass is 35.5. The number of amidine groups is 1. The predicted octanol–water partition coefficient (Wildman–Crippen LogP) is 9.37. The largest absolute Gasteiger partial charge is 0.426 e. The van der Waals surface area contributed by atoms with Gasteiger partial charge in [0.15, 0.2) is 0 Å². The van der Waals surface area contributed by atoms with Crippen molar-refractivity contribution in [1.29, 1.82) is 0 Å². The Labute approximate surface area is 238 Å². The van der Waals surface area contributed by atoms with Gasteiger partial charge in [0, 0.05) is 50.8 Å². The van der Waals surface area contributed by atoms with Gasteiger partial charge in [0.25, 0.3) is 0 Å². The van der Waals surface area contributed by atoms with Gasteiger partial charge in [-0.1, -0.05) is 71.7 Å². The van der Waals surface area contributed by atoms with Crippen molar-refractivity contribution in [2.45, 2.75) is 25.3 Å². The molecule has 0 aliphatic rings. The Morgan fingerprint density at radius 1 is 0.921 bits per heavy atom. The molecule has 0 fully saturated rings. The minimum absolute atomic E-state index is 0.403. The molecular formula is C31H27Cl2N3OS. The Morgan fingerprint density at radius 2 is 1.58 bits per heavy atom. The number of allylic oxidation sites excluding steroid dienone is 3. The quantitative estimate of drug-likeness (QED) is 0.0767. The van der Waals surface area contributed by atoms with Crippen LogP contribution in [-0.4, -0.2) is 11.0 Å². The molecule has 1 heterocycles. The number of nitrogens with zero attached hydrogens (tertiary/aromatic N) is 2. The summed E-state index contributed by atoms with van der Waals surface area (Å²) >= 11 is 13.6. The van der Waals surface area contributed by atoms with Crippen LogP contribution in [0.25, 0.3) is 22.4 Å². The number of ether oxygens (including phenoxy) is 1. The molecule has 1 N–H and O–H groups in total. The summed E-state index contributed by atoms with van der Waals surface area (Å²) < 4.78 is 10.7. The number of nitrogens with one attached hydrogen (secondary N) is 1. The van der Waals surface area contributed by atoms with E-state index in [0.29, 0.717) is 28.4 Å². The van der Waals surface area contributed by atoms with Crippen molar-refractivity contribution in [3.63, 3.8) is 0 Å². The number of rotatable bonds is 8. The fraction of sp³-hybridized carbons (Fsp3) is 0.0968. The van der Waals surface area contributed by atoms with Gasteiger partial charge in [-0.05, 0) is 79.6 Å². The molecule has 7 heteroatoms. The fourth-order valence-corrected chi connectivity index (χ4v) is 4.42. The first-order valence-corrected chi connectivity index (χ1v) is 13.6. The SMILES string of the molecule is C/C=C\C(=C/C)O/C(=N\Sc1ccccc1)NCc1cnc(-c2ccc(Cl)cc2)c(-c2ccc(Cl)cc2)c1. The number of aromatic nitrogens is 1. The van der Waals surface area contributed by atoms with Gasteiger partial charge in [0.05, 0.1) is 5.69 Å². The van der Waals surface area contributed by atoms with Crippen LogP contribution in [0, 0.1) is 0 Å². The molecule has 0 radical (unpaired) electrons. The van der Waals surface area contributed by atoms with Gasteiger partial charge in [0.1, 0.15) is 5.76 Å². The van der Waals surface area contributed by atoms with Gasteiger partial charge in [-0.15, -0.1) is 0 Å². The second kappa shape index (κ2) is 13.9. The van der Waals surface area contributed by atoms with E-state index in [1.165, 1.54) is 11.9 Å². The minimum atomic E-state index is 0.403. The lowest BCUT2D eigenvalue weighted by Crippen LogP contribution is -2.25. The Bertz CT molecular complexity index is 1430. The molecule has 4 nitrogen and oxygen atoms in total. The van der Waals surface area contributed by atoms with Crippen molar-refractivity contribution < 1.29 is 4.74 Å². The maximum atomic E-state index is 6.16. The third-order valence-corrected chi connectivity index (χ3v) is 6.71. The van der Waals surface area contributed by atoms with E-state index in [1.807, 2.05) is 117 Å². The zero-order chi connectivity index (χ0) is 26.7. The van der Waals surface area contributed by atoms with Crippen LogP contribution < -0.4 is 5.32 Å². The number of pyridine rings is 1. The lowest BCUT2D eigenvalue weighted by molar-refractivity contribution is 0.409. The van der Waals surface area contributed by atoms with E-state index >= 15 is 0 Å². The molecule has 38 heavy (non-hydrogen) atoms. The molecule has 0 amide bonds. The van der Waals surface area contributed by atoms with Gasteiger partial charge < -0.3 is 10.1 Å². The monoisotopic (exact) mass is 559 g/mol. The van der Waals surface area contributed by atoms with Crippen LogP contribution >= 0.6 is 35.1 Å². The number of halogens is 2. The van der Waals surface area contributed by atoms with Gasteiger partial charge >= 0.3 is 6.02 Å². The van der Waals surface area contributed by atoms with Crippen LogP contribution in [0.15, 0.2) is 124 Å². The molecule has 0 bridgehead atoms. The van der Waals surface area contributed by atoms with Crippen LogP contribution in [-0.2, 0) is 11.3 Å². The molecule has 4 aromatic rings. The van der Waals surface area contributed by atoms with Crippen LogP contribution in [0.3, 0.4) is 0 Å². The van der Waals surface area contributed by atoms with E-state index in [1.54, 1.807) is 0 Å². The molecule has 0 saturated heterocycles. The summed E-state index contributed by atoms with van der Waals surface area (Å²) in [5, 5.41) is 4.70. The van der Waals surface area contributed by atoms with E-state index in [4.69, 9.17) is 32.9 Å². The van der Waals surface area contributed by atoms with Crippen LogP contribution in [0.5, 0.6) is 0 Å². The molecule has 192 valence electrons. The van der Waals surface area contributed by atoms with Gasteiger partial charge in [-0.2, -0.15) is 4.40 Å². The Kier molecular flexibility index (Phi) is 10.0. The number of hydrogen-bond acceptors (Lipinski definition) is 4. The maximum Gasteiger partial charge on any atom is 0.302 e. The fourth-order valence-electron chi connectivity index (χ4n) is 3.60. The van der Waals surface area contributed by atoms with Crippen molar-refractivity contribution in [1.82, 2.24) is 10.3 Å². The van der Waals surface area contributed by atoms with Crippen molar-refractivity contribution >= 4 is 41.2 Å². The van der Waals surface area contributed by atoms with Gasteiger partial charge in [-0.3, -0.25) is 4.98 Å². The number of benzene rings is 3. The second-order valence-electron chi connectivity index (χ2n) is 8.20. The molecule has 1 aromatic heterocycles. The average Bonchev–Trinajstić information content (AvgIpc) is 2.95. The van der Waals surface area contributed by atoms with E-state index in [-0.39, 0.29) is 0 Å². The summed E-state index contributed by atoms with van der Waals surface area (Å²) in [4.78, 5) is 5.85. The Hall–Kier alpha value is -3.51. The summed E-state index contributed by atoms with van der Waals surface area (Å²) in [6, 6.07) is 27.9. The topological polar surface area (TPSA) is 46.5 Å². The normalized spacial score (nSPS) is 12.1. The summed E-state index contributed by atoms with van der Waals surface area (Å²) in [5.41, 5.74) is 4.82. The molecule has 3 aromatic carbocycles. The zero-order valence-electron chi connectivity index (χ0n) is 21.1. The molecule has 4 rings (SSSR count). The molecule has 0 aliphatic carbocycles. The summed E-state index contributed by atoms with van der Waals surface area (Å²) in [7, 11) is 0. The second-order valence-corrected chi connectivity index (χ2v) is 9.91. The highest BCUT2D eigenvalue weighted by Crippen LogP contribution is 2.32. The van der Waals surface area contributed by atoms with E-state index < -0.39 is 0 Å². The summed E-state index contributed by atoms with van der Waals surface area (Å²) in [6.07, 6.45) is 7.58. The lowest BCUT2D eigenvalue weighted by atomic mass is 9.98. The molecule has 0 saturated carbocycles. The highest BCUT2D eigenvalue weighted by molar-refractivity contribution is 7.98. The van der Waals surface area contributed by atoms with Crippen molar-refractivity contribution in [2.75, 3.05) is 0 Å². The predicted molar refractivity (Wildman–Crippen MR) is 161 cm³/mol. The molecule has 0 spiro atoms. The smallest absolute Gasteiger partial charge is 0.302 e. The molecule has 0 aliphatic heterocycles. The van der Waals surface area contributed by atoms with Crippen molar-refractivity contribution in [2.24, 2.45) is 4.40 Å². The minimum Gasteiger partial charge on any atom is -0.426 e. The summed E-state index contributed by atoms with van der Waals surface area (Å²) in [6.45, 7) is 4.34. The lowest BCUT2D eigenvalue weighted by Gasteiger charge is -2.14. The first kappa shape index (κ1) is 27.5. The van der Waals surface area contributed by atoms with Crippen molar-refractivity contribution in [3.8, 4) is 22.4 Å². The number of hydrogen-bond donors (Lipinski definition) is 1. The van der Waals surface area contributed by atoms with E-state index in [9.17, 15) is 0 Å². The van der Waals surface area contributed by atoms with Crippen molar-refractivity contribution in [3.05, 3.63) is 131 Å². The van der Waals surface area contributed by atoms with Crippen LogP contribution in [0.1, 0.15) is 19.4 Å². The molecular weight excluding hydrogens is 533 g/mol. The third kappa shape index (κ3) is 7.75. The first-order chi connectivity index (χ1) is 18.6. The standard InChI is InChI=1S/C31H27Cl2N3OS/c1-3-8-27(4-2)37-31(36-38-28-9-6-5-7-10-28)35-21-22-19-29(23-11-15-25(32)16-12-23)30(34-20-22)24-13-17-26(33)18-14-24/h3-20H,21H2,1-2H3,(H,35,36)/b8-3-,27-4+. The van der Waals surface area contributed by atoms with E-state index in [0.717, 1.165) is 32.8 Å². The average molecular weight is 561 g/mol. The van der Waals surface area contributed by atoms with Gasteiger partial charge in [-0.25, -0.2) is 0 Å². The summed E-state index contributed by atoms with van der Waals surface area (Å²) in [5.74, 6) is 0.700. The van der Waals surface area contributed by atoms with Crippen LogP contribution in [0.4, 0.5) is 0 Å². The first-order valence-electron chi connectivity index (χ1n) is 12.1. The highest BCUT2D eigenvalue weighted by Gasteiger charge is 2.12. The Balaban J connectivity index is 1.63. The maximum absolute atomic E-state index is 6.16.